The molecule has 4 aliphatic carbocycles. The van der Waals surface area contributed by atoms with Crippen molar-refractivity contribution in [3.05, 3.63) is 0 Å². The zero-order chi connectivity index (χ0) is 37.0. The van der Waals surface area contributed by atoms with Gasteiger partial charge >= 0.3 is 0 Å². The van der Waals surface area contributed by atoms with Crippen LogP contribution >= 0.6 is 9.14 Å². The van der Waals surface area contributed by atoms with Crippen molar-refractivity contribution in [2.24, 2.45) is 9.98 Å². The summed E-state index contributed by atoms with van der Waals surface area (Å²) in [4.78, 5) is 13.5. The van der Waals surface area contributed by atoms with Gasteiger partial charge in [0.25, 0.3) is 0 Å². The standard InChI is InChI=1S/C42H84N6O3S/c1-6-33-49-52(4,5,50-34-7-2,51-35-8-3)36-21-31-48(42(46-39-26-17-11-18-27-39)47-40-28-19-12-20-29-40)32-30-43-41(44-37-22-13-9-14-23-37)45-38-24-15-10-16-25-38/h37-40H,6-36H2,1-5H3,(H,46,47)(H2,43,44,45). The van der Waals surface area contributed by atoms with E-state index < -0.39 is 9.14 Å². The summed E-state index contributed by atoms with van der Waals surface area (Å²) >= 11 is 0. The van der Waals surface area contributed by atoms with Crippen LogP contribution in [0.3, 0.4) is 0 Å². The van der Waals surface area contributed by atoms with Gasteiger partial charge < -0.3 is 33.4 Å². The first kappa shape index (κ1) is 43.5. The summed E-state index contributed by atoms with van der Waals surface area (Å²) in [6.45, 7) is 10.9. The first-order chi connectivity index (χ1) is 25.2. The lowest BCUT2D eigenvalue weighted by atomic mass is 9.95. The molecule has 52 heavy (non-hydrogen) atoms. The monoisotopic (exact) mass is 753 g/mol. The molecule has 0 atom stereocenters. The highest BCUT2D eigenvalue weighted by molar-refractivity contribution is 8.53. The Kier molecular flexibility index (Phi) is 18.2. The van der Waals surface area contributed by atoms with Gasteiger partial charge in [-0.2, -0.15) is 0 Å². The number of aliphatic imine (C=N–C) groups is 2. The van der Waals surface area contributed by atoms with E-state index in [9.17, 15) is 0 Å². The van der Waals surface area contributed by atoms with Gasteiger partial charge in [0.2, 0.25) is 0 Å². The molecule has 4 fully saturated rings. The molecule has 0 spiro atoms. The SMILES string of the molecule is CCCOS(C)(C)(CCCN(CCN=C(NC1CCCCC1)NC1CCCCC1)C(=NC1CCCCC1)NC1CCCCC1)(OCCC)OCCC. The molecule has 4 rings (SSSR count). The highest BCUT2D eigenvalue weighted by Gasteiger charge is 2.53. The van der Waals surface area contributed by atoms with Crippen LogP contribution in [0.4, 0.5) is 0 Å². The zero-order valence-electron chi connectivity index (χ0n) is 34.7. The van der Waals surface area contributed by atoms with Crippen molar-refractivity contribution in [2.45, 2.75) is 199 Å². The average Bonchev–Trinajstić information content (AvgIpc) is 3.17. The third-order valence-corrected chi connectivity index (χ3v) is 16.6. The van der Waals surface area contributed by atoms with Crippen molar-refractivity contribution < 1.29 is 12.5 Å². The van der Waals surface area contributed by atoms with E-state index in [-0.39, 0.29) is 0 Å². The summed E-state index contributed by atoms with van der Waals surface area (Å²) in [7, 11) is -3.74. The molecular weight excluding hydrogens is 669 g/mol. The van der Waals surface area contributed by atoms with Crippen LogP contribution in [0.25, 0.3) is 0 Å². The van der Waals surface area contributed by atoms with E-state index in [1.165, 1.54) is 128 Å². The van der Waals surface area contributed by atoms with Gasteiger partial charge in [0.1, 0.15) is 0 Å². The first-order valence-electron chi connectivity index (χ1n) is 22.4. The van der Waals surface area contributed by atoms with E-state index in [2.05, 4.69) is 54.1 Å². The Morgan fingerprint density at radius 2 is 1.00 bits per heavy atom. The third kappa shape index (κ3) is 14.8. The topological polar surface area (TPSA) is 91.7 Å². The molecule has 0 heterocycles. The number of hydrogen-bond donors (Lipinski definition) is 3. The Morgan fingerprint density at radius 3 is 1.44 bits per heavy atom. The van der Waals surface area contributed by atoms with Crippen LogP contribution in [0.1, 0.15) is 175 Å². The second-order valence-electron chi connectivity index (χ2n) is 17.5. The van der Waals surface area contributed by atoms with Gasteiger partial charge in [-0.1, -0.05) is 107 Å². The summed E-state index contributed by atoms with van der Waals surface area (Å²) in [6, 6.07) is 1.96. The predicted octanol–water partition coefficient (Wildman–Crippen LogP) is 9.65. The molecule has 0 bridgehead atoms. The molecule has 9 nitrogen and oxygen atoms in total. The van der Waals surface area contributed by atoms with Crippen molar-refractivity contribution >= 4 is 21.1 Å². The van der Waals surface area contributed by atoms with Crippen molar-refractivity contribution in [3.8, 4) is 0 Å². The molecule has 0 aromatic heterocycles. The van der Waals surface area contributed by atoms with Crippen LogP contribution in [-0.2, 0) is 12.5 Å². The Labute approximate surface area is 320 Å². The number of nitrogens with zero attached hydrogens (tertiary/aromatic N) is 3. The second-order valence-corrected chi connectivity index (χ2v) is 23.7. The van der Waals surface area contributed by atoms with Gasteiger partial charge in [-0.05, 0) is 77.0 Å². The number of guanidine groups is 2. The van der Waals surface area contributed by atoms with Crippen LogP contribution in [-0.4, -0.2) is 98.7 Å². The molecule has 4 saturated carbocycles. The molecule has 306 valence electrons. The van der Waals surface area contributed by atoms with Crippen molar-refractivity contribution in [1.29, 1.82) is 0 Å². The van der Waals surface area contributed by atoms with Crippen molar-refractivity contribution in [1.82, 2.24) is 20.9 Å². The predicted molar refractivity (Wildman–Crippen MR) is 226 cm³/mol. The van der Waals surface area contributed by atoms with Gasteiger partial charge in [0.15, 0.2) is 11.9 Å². The van der Waals surface area contributed by atoms with Gasteiger partial charge in [-0.3, -0.25) is 4.99 Å². The molecule has 0 aromatic rings. The smallest absolute Gasteiger partial charge is 0.194 e. The number of nitrogens with one attached hydrogen (secondary N) is 3. The molecule has 0 radical (unpaired) electrons. The molecule has 0 aromatic carbocycles. The minimum atomic E-state index is -3.74. The number of hydrogen-bond acceptors (Lipinski definition) is 5. The fourth-order valence-corrected chi connectivity index (χ4v) is 12.7. The van der Waals surface area contributed by atoms with Crippen LogP contribution in [0.5, 0.6) is 0 Å². The molecule has 0 unspecified atom stereocenters. The average molecular weight is 753 g/mol. The highest BCUT2D eigenvalue weighted by Crippen LogP contribution is 2.86. The van der Waals surface area contributed by atoms with E-state index in [0.29, 0.717) is 44.0 Å². The fraction of sp³-hybridized carbons (Fsp3) is 0.952. The Bertz CT molecular complexity index is 1010. The minimum Gasteiger partial charge on any atom is -0.354 e. The third-order valence-electron chi connectivity index (χ3n) is 12.0. The summed E-state index contributed by atoms with van der Waals surface area (Å²) in [5, 5.41) is 11.9. The minimum absolute atomic E-state index is 0.401. The summed E-state index contributed by atoms with van der Waals surface area (Å²) in [5.74, 6) is 2.89. The highest BCUT2D eigenvalue weighted by atomic mass is 32.4. The largest absolute Gasteiger partial charge is 0.354 e. The lowest BCUT2D eigenvalue weighted by molar-refractivity contribution is 0.130. The number of rotatable bonds is 20. The van der Waals surface area contributed by atoms with Crippen LogP contribution < -0.4 is 16.0 Å². The molecular formula is C42H84N6O3S. The summed E-state index contributed by atoms with van der Waals surface area (Å²) in [6.07, 6.45) is 33.9. The lowest BCUT2D eigenvalue weighted by Gasteiger charge is -2.73. The van der Waals surface area contributed by atoms with Crippen molar-refractivity contribution in [3.63, 3.8) is 0 Å². The molecule has 0 saturated heterocycles. The molecule has 0 aliphatic heterocycles. The van der Waals surface area contributed by atoms with Crippen LogP contribution in [0, 0.1) is 0 Å². The molecule has 0 amide bonds. The molecule has 3 N–H and O–H groups in total. The van der Waals surface area contributed by atoms with Crippen LogP contribution in [0.15, 0.2) is 9.98 Å². The van der Waals surface area contributed by atoms with E-state index in [0.717, 1.165) is 63.0 Å². The molecule has 10 heteroatoms. The van der Waals surface area contributed by atoms with E-state index >= 15 is 0 Å². The Balaban J connectivity index is 1.60. The Morgan fingerprint density at radius 1 is 0.577 bits per heavy atom. The maximum absolute atomic E-state index is 6.87. The first-order valence-corrected chi connectivity index (χ1v) is 25.6. The van der Waals surface area contributed by atoms with E-state index in [1.807, 2.05) is 0 Å². The van der Waals surface area contributed by atoms with Crippen molar-refractivity contribution in [2.75, 3.05) is 57.7 Å². The van der Waals surface area contributed by atoms with Gasteiger partial charge in [-0.15, -0.1) is 0 Å². The van der Waals surface area contributed by atoms with E-state index in [4.69, 9.17) is 22.5 Å². The second kappa shape index (κ2) is 21.8. The maximum atomic E-state index is 6.87. The van der Waals surface area contributed by atoms with Gasteiger partial charge in [0, 0.05) is 49.5 Å². The Hall–Kier alpha value is -1.23. The lowest BCUT2D eigenvalue weighted by Crippen LogP contribution is -2.51. The summed E-state index contributed by atoms with van der Waals surface area (Å²) in [5.41, 5.74) is 0. The quantitative estimate of drug-likeness (QED) is 0.0843. The molecule has 4 aliphatic rings. The van der Waals surface area contributed by atoms with Gasteiger partial charge in [0.05, 0.1) is 32.4 Å². The van der Waals surface area contributed by atoms with Gasteiger partial charge in [-0.25, -0.2) is 4.99 Å². The fourth-order valence-electron chi connectivity index (χ4n) is 8.77. The zero-order valence-corrected chi connectivity index (χ0v) is 35.5. The van der Waals surface area contributed by atoms with E-state index in [1.54, 1.807) is 0 Å². The van der Waals surface area contributed by atoms with Crippen LogP contribution in [0.2, 0.25) is 0 Å². The maximum Gasteiger partial charge on any atom is 0.194 e. The normalized spacial score (nSPS) is 22.0. The summed E-state index contributed by atoms with van der Waals surface area (Å²) < 4.78 is 20.6.